The van der Waals surface area contributed by atoms with Crippen LogP contribution in [0.3, 0.4) is 0 Å². The predicted octanol–water partition coefficient (Wildman–Crippen LogP) is 2.93. The minimum atomic E-state index is -0.916. The van der Waals surface area contributed by atoms with Crippen molar-refractivity contribution >= 4 is 17.4 Å². The number of hydrogen-bond acceptors (Lipinski definition) is 7. The highest BCUT2D eigenvalue weighted by atomic mass is 16.4. The van der Waals surface area contributed by atoms with Crippen LogP contribution >= 0.6 is 0 Å². The van der Waals surface area contributed by atoms with E-state index in [0.717, 1.165) is 13.0 Å². The summed E-state index contributed by atoms with van der Waals surface area (Å²) in [6.45, 7) is 15.7. The molecular weight excluding hydrogens is 336 g/mol. The summed E-state index contributed by atoms with van der Waals surface area (Å²) in [5.74, 6) is -0.916. The molecule has 0 fully saturated rings. The van der Waals surface area contributed by atoms with Crippen LogP contribution in [-0.2, 0) is 4.79 Å². The Morgan fingerprint density at radius 3 is 2.04 bits per heavy atom. The monoisotopic (exact) mass is 374 g/mol. The fourth-order valence-corrected chi connectivity index (χ4v) is 2.09. The minimum absolute atomic E-state index is 0.0626. The second-order valence-electron chi connectivity index (χ2n) is 7.09. The highest BCUT2D eigenvalue weighted by Crippen LogP contribution is 2.16. The van der Waals surface area contributed by atoms with Crippen LogP contribution in [0.1, 0.15) is 67.7 Å². The molecule has 0 aliphatic rings. The second kappa shape index (κ2) is 13.5. The third-order valence-corrected chi connectivity index (χ3v) is 4.21. The highest BCUT2D eigenvalue weighted by molar-refractivity contribution is 5.94. The Labute approximate surface area is 157 Å². The van der Waals surface area contributed by atoms with E-state index in [2.05, 4.69) is 20.9 Å². The molecule has 0 aliphatic heterocycles. The molecule has 8 heteroatoms. The van der Waals surface area contributed by atoms with Gasteiger partial charge in [0.15, 0.2) is 0 Å². The molecule has 8 nitrogen and oxygen atoms in total. The van der Waals surface area contributed by atoms with E-state index in [4.69, 9.17) is 15.5 Å². The maximum absolute atomic E-state index is 10.6. The zero-order valence-electron chi connectivity index (χ0n) is 17.4. The summed E-state index contributed by atoms with van der Waals surface area (Å²) in [7, 11) is 0. The first kappa shape index (κ1) is 26.6. The lowest BCUT2D eigenvalue weighted by molar-refractivity contribution is -0.136. The van der Waals surface area contributed by atoms with E-state index >= 15 is 0 Å². The van der Waals surface area contributed by atoms with Gasteiger partial charge in [-0.15, -0.1) is 0 Å². The third kappa shape index (κ3) is 11.0. The van der Waals surface area contributed by atoms with Crippen LogP contribution < -0.4 is 10.6 Å². The quantitative estimate of drug-likeness (QED) is 0.155. The Bertz CT molecular complexity index is 460. The van der Waals surface area contributed by atoms with Crippen molar-refractivity contribution < 1.29 is 20.3 Å². The van der Waals surface area contributed by atoms with Gasteiger partial charge in [-0.25, -0.2) is 0 Å². The van der Waals surface area contributed by atoms with Crippen LogP contribution in [0.2, 0.25) is 0 Å². The molecule has 0 aliphatic carbocycles. The average Bonchev–Trinajstić information content (AvgIpc) is 2.58. The standard InChI is InChI=1S/C16H32N4O4.C2H6/c1-12(19-23)15(2,3)11-17-9-6-10-18-16(4,5)13(20-24)7-8-14(21)22;1-2/h17-18,23-24H,6-11H2,1-5H3,(H,21,22);1-2H3/b19-12+,20-13+;. The largest absolute Gasteiger partial charge is 0.481 e. The zero-order valence-corrected chi connectivity index (χ0v) is 17.4. The summed E-state index contributed by atoms with van der Waals surface area (Å²) in [4.78, 5) is 10.6. The van der Waals surface area contributed by atoms with Gasteiger partial charge in [-0.1, -0.05) is 38.0 Å². The zero-order chi connectivity index (χ0) is 20.8. The Kier molecular flexibility index (Phi) is 13.8. The maximum Gasteiger partial charge on any atom is 0.303 e. The summed E-state index contributed by atoms with van der Waals surface area (Å²) in [6, 6.07) is 0. The first-order chi connectivity index (χ1) is 12.1. The summed E-state index contributed by atoms with van der Waals surface area (Å²) in [5, 5.41) is 39.8. The van der Waals surface area contributed by atoms with Gasteiger partial charge < -0.3 is 26.2 Å². The van der Waals surface area contributed by atoms with Crippen molar-refractivity contribution in [1.82, 2.24) is 10.6 Å². The molecule has 0 rings (SSSR count). The van der Waals surface area contributed by atoms with Gasteiger partial charge in [0.05, 0.1) is 23.4 Å². The van der Waals surface area contributed by atoms with Crippen LogP contribution in [-0.4, -0.2) is 58.1 Å². The van der Waals surface area contributed by atoms with Crippen molar-refractivity contribution in [3.8, 4) is 0 Å². The lowest BCUT2D eigenvalue weighted by Gasteiger charge is -2.27. The van der Waals surface area contributed by atoms with Gasteiger partial charge in [0.1, 0.15) is 0 Å². The van der Waals surface area contributed by atoms with Crippen molar-refractivity contribution in [1.29, 1.82) is 0 Å². The topological polar surface area (TPSA) is 127 Å². The summed E-state index contributed by atoms with van der Waals surface area (Å²) in [5.41, 5.74) is 0.323. The van der Waals surface area contributed by atoms with Gasteiger partial charge in [0, 0.05) is 18.4 Å². The van der Waals surface area contributed by atoms with E-state index in [-0.39, 0.29) is 18.3 Å². The molecule has 0 saturated heterocycles. The fraction of sp³-hybridized carbons (Fsp3) is 0.833. The molecule has 5 N–H and O–H groups in total. The van der Waals surface area contributed by atoms with Crippen LogP contribution in [0.5, 0.6) is 0 Å². The fourth-order valence-electron chi connectivity index (χ4n) is 2.09. The molecule has 154 valence electrons. The summed E-state index contributed by atoms with van der Waals surface area (Å²) >= 11 is 0. The Balaban J connectivity index is 0. The molecule has 0 atom stereocenters. The second-order valence-corrected chi connectivity index (χ2v) is 7.09. The highest BCUT2D eigenvalue weighted by Gasteiger charge is 2.25. The molecule has 0 amide bonds. The average molecular weight is 375 g/mol. The molecule has 0 spiro atoms. The van der Waals surface area contributed by atoms with Gasteiger partial charge in [-0.05, 0) is 40.3 Å². The van der Waals surface area contributed by atoms with Crippen molar-refractivity contribution in [2.24, 2.45) is 15.7 Å². The number of carbonyl (C=O) groups is 1. The van der Waals surface area contributed by atoms with Crippen LogP contribution in [0.25, 0.3) is 0 Å². The first-order valence-corrected chi connectivity index (χ1v) is 9.15. The molecule has 0 saturated carbocycles. The number of oxime groups is 2. The van der Waals surface area contributed by atoms with Crippen molar-refractivity contribution in [3.63, 3.8) is 0 Å². The third-order valence-electron chi connectivity index (χ3n) is 4.21. The van der Waals surface area contributed by atoms with Crippen LogP contribution in [0, 0.1) is 5.41 Å². The molecule has 0 heterocycles. The predicted molar refractivity (Wildman–Crippen MR) is 106 cm³/mol. The number of carboxylic acids is 1. The Morgan fingerprint density at radius 2 is 1.58 bits per heavy atom. The number of rotatable bonds is 12. The molecular formula is C18H38N4O4. The maximum atomic E-state index is 10.6. The molecule has 0 bridgehead atoms. The van der Waals surface area contributed by atoms with Gasteiger partial charge in [0.2, 0.25) is 0 Å². The van der Waals surface area contributed by atoms with Gasteiger partial charge in [-0.3, -0.25) is 4.79 Å². The number of nitrogens with one attached hydrogen (secondary N) is 2. The summed E-state index contributed by atoms with van der Waals surface area (Å²) in [6.07, 6.45) is 0.997. The molecule has 0 aromatic rings. The van der Waals surface area contributed by atoms with E-state index in [1.807, 2.05) is 41.5 Å². The lowest BCUT2D eigenvalue weighted by atomic mass is 9.88. The Hall–Kier alpha value is -1.67. The van der Waals surface area contributed by atoms with Crippen molar-refractivity contribution in [3.05, 3.63) is 0 Å². The molecule has 0 radical (unpaired) electrons. The van der Waals surface area contributed by atoms with Gasteiger partial charge in [-0.2, -0.15) is 0 Å². The van der Waals surface area contributed by atoms with E-state index in [0.29, 0.717) is 24.5 Å². The minimum Gasteiger partial charge on any atom is -0.481 e. The molecule has 0 unspecified atom stereocenters. The normalized spacial score (nSPS) is 13.2. The van der Waals surface area contributed by atoms with Gasteiger partial charge in [0.25, 0.3) is 0 Å². The lowest BCUT2D eigenvalue weighted by Crippen LogP contribution is -2.48. The molecule has 26 heavy (non-hydrogen) atoms. The van der Waals surface area contributed by atoms with E-state index in [1.165, 1.54) is 0 Å². The van der Waals surface area contributed by atoms with Crippen LogP contribution in [0.15, 0.2) is 10.3 Å². The van der Waals surface area contributed by atoms with Gasteiger partial charge >= 0.3 is 5.97 Å². The summed E-state index contributed by atoms with van der Waals surface area (Å²) < 4.78 is 0. The number of aliphatic carboxylic acids is 1. The SMILES string of the molecule is C/C(=N\O)C(C)(C)CNCCCNC(C)(C)/C(CCC(=O)O)=N/O.CC. The number of hydrogen-bond donors (Lipinski definition) is 5. The Morgan fingerprint density at radius 1 is 1.00 bits per heavy atom. The first-order valence-electron chi connectivity index (χ1n) is 9.15. The van der Waals surface area contributed by atoms with E-state index in [1.54, 1.807) is 6.92 Å². The van der Waals surface area contributed by atoms with E-state index in [9.17, 15) is 4.79 Å². The number of carboxylic acid groups (broad SMARTS) is 1. The smallest absolute Gasteiger partial charge is 0.303 e. The number of nitrogens with zero attached hydrogens (tertiary/aromatic N) is 2. The van der Waals surface area contributed by atoms with Crippen LogP contribution in [0.4, 0.5) is 0 Å². The van der Waals surface area contributed by atoms with E-state index < -0.39 is 11.5 Å². The molecule has 0 aromatic heterocycles. The molecule has 0 aromatic carbocycles. The van der Waals surface area contributed by atoms with Crippen molar-refractivity contribution in [2.45, 2.75) is 73.3 Å². The van der Waals surface area contributed by atoms with Crippen molar-refractivity contribution in [2.75, 3.05) is 19.6 Å².